The third kappa shape index (κ3) is 9.82. The number of ketones is 1. The molecule has 8 nitrogen and oxygen atoms in total. The normalized spacial score (nSPS) is 12.5. The SMILES string of the molecule is COc1cccc(CC(=O)N[C@H](C(=O)NC(CC(=O)O)C(=O)CSCc2ccccc2)C(C)C)c1. The van der Waals surface area contributed by atoms with Crippen molar-refractivity contribution in [3.8, 4) is 5.75 Å². The minimum absolute atomic E-state index is 0.0430. The average Bonchev–Trinajstić information content (AvgIpc) is 2.82. The molecule has 0 saturated carbocycles. The Labute approximate surface area is 209 Å². The Bertz CT molecular complexity index is 1010. The number of nitrogens with one attached hydrogen (secondary N) is 2. The Hall–Kier alpha value is -3.33. The van der Waals surface area contributed by atoms with Gasteiger partial charge in [0.15, 0.2) is 5.78 Å². The van der Waals surface area contributed by atoms with Gasteiger partial charge in [0.2, 0.25) is 11.8 Å². The highest BCUT2D eigenvalue weighted by atomic mass is 32.2. The molecule has 3 N–H and O–H groups in total. The molecule has 0 aliphatic carbocycles. The van der Waals surface area contributed by atoms with Crippen LogP contribution in [0.1, 0.15) is 31.4 Å². The van der Waals surface area contributed by atoms with Crippen LogP contribution in [0.5, 0.6) is 5.75 Å². The standard InChI is InChI=1S/C26H32N2O6S/c1-17(2)25(28-23(30)13-19-10-7-11-20(12-19)34-3)26(33)27-21(14-24(31)32)22(29)16-35-15-18-8-5-4-6-9-18/h4-12,17,21,25H,13-16H2,1-3H3,(H,27,33)(H,28,30)(H,31,32)/t21?,25-/m0/s1. The lowest BCUT2D eigenvalue weighted by Gasteiger charge is -2.24. The first kappa shape index (κ1) is 27.9. The topological polar surface area (TPSA) is 122 Å². The molecule has 2 rings (SSSR count). The van der Waals surface area contributed by atoms with Crippen LogP contribution in [0.15, 0.2) is 54.6 Å². The second-order valence-corrected chi connectivity index (χ2v) is 9.41. The number of carboxylic acids is 1. The monoisotopic (exact) mass is 500 g/mol. The van der Waals surface area contributed by atoms with Gasteiger partial charge in [0.25, 0.3) is 0 Å². The van der Waals surface area contributed by atoms with Crippen molar-refractivity contribution in [1.29, 1.82) is 0 Å². The molecule has 2 amide bonds. The molecule has 2 aromatic carbocycles. The first-order chi connectivity index (χ1) is 16.7. The number of ether oxygens (including phenoxy) is 1. The van der Waals surface area contributed by atoms with E-state index in [0.717, 1.165) is 11.1 Å². The van der Waals surface area contributed by atoms with Crippen molar-refractivity contribution in [3.05, 3.63) is 65.7 Å². The number of aliphatic carboxylic acids is 1. The number of rotatable bonds is 14. The maximum atomic E-state index is 13.0. The van der Waals surface area contributed by atoms with Crippen molar-refractivity contribution in [2.45, 2.75) is 44.5 Å². The summed E-state index contributed by atoms with van der Waals surface area (Å²) in [6.45, 7) is 3.53. The zero-order chi connectivity index (χ0) is 25.8. The molecule has 188 valence electrons. The first-order valence-corrected chi connectivity index (χ1v) is 12.4. The Morgan fingerprint density at radius 3 is 2.29 bits per heavy atom. The molecule has 0 aliphatic heterocycles. The van der Waals surface area contributed by atoms with Crippen molar-refractivity contribution in [2.24, 2.45) is 5.92 Å². The van der Waals surface area contributed by atoms with Gasteiger partial charge in [-0.25, -0.2) is 0 Å². The van der Waals surface area contributed by atoms with Crippen molar-refractivity contribution >= 4 is 35.3 Å². The molecule has 0 spiro atoms. The van der Waals surface area contributed by atoms with Crippen molar-refractivity contribution < 1.29 is 29.0 Å². The number of carbonyl (C=O) groups is 4. The summed E-state index contributed by atoms with van der Waals surface area (Å²) in [5.74, 6) is -1.55. The summed E-state index contributed by atoms with van der Waals surface area (Å²) in [5.41, 5.74) is 1.77. The molecular weight excluding hydrogens is 468 g/mol. The van der Waals surface area contributed by atoms with Crippen LogP contribution in [0.2, 0.25) is 0 Å². The van der Waals surface area contributed by atoms with Gasteiger partial charge < -0.3 is 20.5 Å². The molecule has 1 unspecified atom stereocenters. The Morgan fingerprint density at radius 1 is 0.971 bits per heavy atom. The fraction of sp³-hybridized carbons (Fsp3) is 0.385. The molecule has 0 heterocycles. The zero-order valence-electron chi connectivity index (χ0n) is 20.2. The van der Waals surface area contributed by atoms with Crippen LogP contribution in [0.3, 0.4) is 0 Å². The Morgan fingerprint density at radius 2 is 1.66 bits per heavy atom. The van der Waals surface area contributed by atoms with E-state index in [9.17, 15) is 24.3 Å². The molecule has 0 aromatic heterocycles. The van der Waals surface area contributed by atoms with E-state index >= 15 is 0 Å². The smallest absolute Gasteiger partial charge is 0.305 e. The third-order valence-corrected chi connectivity index (χ3v) is 6.23. The molecular formula is C26H32N2O6S. The predicted octanol–water partition coefficient (Wildman–Crippen LogP) is 2.84. The van der Waals surface area contributed by atoms with Gasteiger partial charge in [0.1, 0.15) is 11.8 Å². The quantitative estimate of drug-likeness (QED) is 0.365. The number of hydrogen-bond acceptors (Lipinski definition) is 6. The number of amides is 2. The van der Waals surface area contributed by atoms with Gasteiger partial charge in [-0.05, 0) is 29.2 Å². The summed E-state index contributed by atoms with van der Waals surface area (Å²) in [4.78, 5) is 49.6. The first-order valence-electron chi connectivity index (χ1n) is 11.3. The molecule has 35 heavy (non-hydrogen) atoms. The summed E-state index contributed by atoms with van der Waals surface area (Å²) in [6, 6.07) is 14.5. The van der Waals surface area contributed by atoms with Crippen molar-refractivity contribution in [3.63, 3.8) is 0 Å². The van der Waals surface area contributed by atoms with Gasteiger partial charge in [0, 0.05) is 5.75 Å². The van der Waals surface area contributed by atoms with E-state index in [1.165, 1.54) is 18.9 Å². The van der Waals surface area contributed by atoms with Crippen LogP contribution >= 0.6 is 11.8 Å². The van der Waals surface area contributed by atoms with Crippen LogP contribution in [0.25, 0.3) is 0 Å². The van der Waals surface area contributed by atoms with E-state index < -0.39 is 30.4 Å². The lowest BCUT2D eigenvalue weighted by Crippen LogP contribution is -2.54. The molecule has 0 bridgehead atoms. The molecule has 0 fully saturated rings. The fourth-order valence-corrected chi connectivity index (χ4v) is 4.29. The lowest BCUT2D eigenvalue weighted by molar-refractivity contribution is -0.140. The van der Waals surface area contributed by atoms with Gasteiger partial charge in [-0.3, -0.25) is 19.2 Å². The maximum Gasteiger partial charge on any atom is 0.305 e. The fourth-order valence-electron chi connectivity index (χ4n) is 3.35. The summed E-state index contributed by atoms with van der Waals surface area (Å²) in [6.07, 6.45) is -0.486. The largest absolute Gasteiger partial charge is 0.497 e. The van der Waals surface area contributed by atoms with E-state index in [4.69, 9.17) is 4.74 Å². The Kier molecular flexibility index (Phi) is 11.3. The number of carboxylic acid groups (broad SMARTS) is 1. The summed E-state index contributed by atoms with van der Waals surface area (Å²) in [7, 11) is 1.54. The van der Waals surface area contributed by atoms with Crippen LogP contribution in [0.4, 0.5) is 0 Å². The molecule has 2 atom stereocenters. The highest BCUT2D eigenvalue weighted by molar-refractivity contribution is 7.99. The van der Waals surface area contributed by atoms with Gasteiger partial charge in [-0.1, -0.05) is 56.3 Å². The minimum atomic E-state index is -1.19. The minimum Gasteiger partial charge on any atom is -0.497 e. The lowest BCUT2D eigenvalue weighted by atomic mass is 10.0. The number of carbonyl (C=O) groups excluding carboxylic acids is 3. The molecule has 0 aliphatic rings. The average molecular weight is 501 g/mol. The molecule has 2 aromatic rings. The number of hydrogen-bond donors (Lipinski definition) is 3. The van der Waals surface area contributed by atoms with Gasteiger partial charge in [-0.2, -0.15) is 0 Å². The molecule has 0 radical (unpaired) electrons. The predicted molar refractivity (Wildman–Crippen MR) is 135 cm³/mol. The summed E-state index contributed by atoms with van der Waals surface area (Å²) < 4.78 is 5.17. The van der Waals surface area contributed by atoms with Crippen molar-refractivity contribution in [1.82, 2.24) is 10.6 Å². The third-order valence-electron chi connectivity index (χ3n) is 5.20. The van der Waals surface area contributed by atoms with Crippen LogP contribution in [-0.4, -0.2) is 53.6 Å². The van der Waals surface area contributed by atoms with E-state index in [1.807, 2.05) is 30.3 Å². The summed E-state index contributed by atoms with van der Waals surface area (Å²) >= 11 is 1.35. The molecule has 9 heteroatoms. The second kappa shape index (κ2) is 14.2. The summed E-state index contributed by atoms with van der Waals surface area (Å²) in [5, 5.41) is 14.5. The zero-order valence-corrected chi connectivity index (χ0v) is 21.0. The number of benzene rings is 2. The molecule has 0 saturated heterocycles. The van der Waals surface area contributed by atoms with E-state index in [2.05, 4.69) is 10.6 Å². The highest BCUT2D eigenvalue weighted by Crippen LogP contribution is 2.15. The van der Waals surface area contributed by atoms with Crippen molar-refractivity contribution in [2.75, 3.05) is 12.9 Å². The van der Waals surface area contributed by atoms with Gasteiger partial charge >= 0.3 is 5.97 Å². The Balaban J connectivity index is 1.99. The highest BCUT2D eigenvalue weighted by Gasteiger charge is 2.30. The number of Topliss-reactive ketones (excluding diaryl/α,β-unsaturated/α-hetero) is 1. The van der Waals surface area contributed by atoms with Gasteiger partial charge in [-0.15, -0.1) is 11.8 Å². The van der Waals surface area contributed by atoms with E-state index in [0.29, 0.717) is 11.5 Å². The van der Waals surface area contributed by atoms with Gasteiger partial charge in [0.05, 0.1) is 31.7 Å². The van der Waals surface area contributed by atoms with E-state index in [-0.39, 0.29) is 29.8 Å². The van der Waals surface area contributed by atoms with E-state index in [1.54, 1.807) is 38.1 Å². The number of thioether (sulfide) groups is 1. The maximum absolute atomic E-state index is 13.0. The van der Waals surface area contributed by atoms with Crippen LogP contribution in [0, 0.1) is 5.92 Å². The number of methoxy groups -OCH3 is 1. The van der Waals surface area contributed by atoms with Crippen LogP contribution < -0.4 is 15.4 Å². The van der Waals surface area contributed by atoms with Crippen LogP contribution in [-0.2, 0) is 31.4 Å². The second-order valence-electron chi connectivity index (χ2n) is 8.42.